The second-order valence-corrected chi connectivity index (χ2v) is 40.1. The number of fused-ring (bicyclic) bond motifs is 28. The Kier molecular flexibility index (Phi) is 19.3. The maximum atomic E-state index is 2.60. The van der Waals surface area contributed by atoms with Crippen LogP contribution < -0.4 is 9.80 Å². The molecular formula is C146H92N2. The summed E-state index contributed by atoms with van der Waals surface area (Å²) in [7, 11) is 0. The molecule has 30 rings (SSSR count). The van der Waals surface area contributed by atoms with Gasteiger partial charge in [0.15, 0.2) is 0 Å². The number of hydrogen-bond donors (Lipinski definition) is 0. The van der Waals surface area contributed by atoms with Crippen molar-refractivity contribution in [3.05, 3.63) is 603 Å². The van der Waals surface area contributed by atoms with Gasteiger partial charge in [0.05, 0.1) is 22.2 Å². The first-order valence-corrected chi connectivity index (χ1v) is 51.6. The van der Waals surface area contributed by atoms with E-state index in [4.69, 9.17) is 0 Å². The first-order chi connectivity index (χ1) is 73.4. The number of anilines is 6. The topological polar surface area (TPSA) is 6.48 Å². The lowest BCUT2D eigenvalue weighted by atomic mass is 9.70. The number of hydrogen-bond acceptors (Lipinski definition) is 2. The Morgan fingerprint density at radius 1 is 0.115 bits per heavy atom. The Morgan fingerprint density at radius 2 is 0.358 bits per heavy atom. The van der Waals surface area contributed by atoms with Crippen molar-refractivity contribution in [3.63, 3.8) is 0 Å². The van der Waals surface area contributed by atoms with E-state index in [2.05, 4.69) is 568 Å². The molecular weight excluding hydrogens is 1780 g/mol. The molecule has 4 aliphatic carbocycles. The third-order valence-corrected chi connectivity index (χ3v) is 32.7. The van der Waals surface area contributed by atoms with E-state index in [-0.39, 0.29) is 0 Å². The van der Waals surface area contributed by atoms with Crippen LogP contribution in [0.2, 0.25) is 0 Å². The van der Waals surface area contributed by atoms with Crippen LogP contribution in [0.4, 0.5) is 34.1 Å². The van der Waals surface area contributed by atoms with E-state index >= 15 is 0 Å². The first-order valence-electron chi connectivity index (χ1n) is 51.6. The van der Waals surface area contributed by atoms with Crippen molar-refractivity contribution < 1.29 is 0 Å². The maximum absolute atomic E-state index is 2.60. The van der Waals surface area contributed by atoms with Gasteiger partial charge in [0.2, 0.25) is 0 Å². The molecule has 4 aliphatic rings. The van der Waals surface area contributed by atoms with Gasteiger partial charge in [-0.3, -0.25) is 0 Å². The van der Waals surface area contributed by atoms with E-state index in [1.54, 1.807) is 0 Å². The predicted molar refractivity (Wildman–Crippen MR) is 622 cm³/mol. The second-order valence-electron chi connectivity index (χ2n) is 40.1. The Balaban J connectivity index is 0.538. The summed E-state index contributed by atoms with van der Waals surface area (Å²) < 4.78 is 0. The van der Waals surface area contributed by atoms with Gasteiger partial charge in [-0.05, 0) is 299 Å². The average Bonchev–Trinajstić information content (AvgIpc) is 1.51. The molecule has 2 spiro atoms. The minimum absolute atomic E-state index is 0.568. The zero-order valence-electron chi connectivity index (χ0n) is 81.0. The van der Waals surface area contributed by atoms with Crippen LogP contribution in [0.15, 0.2) is 558 Å². The molecule has 0 bridgehead atoms. The third kappa shape index (κ3) is 12.8. The van der Waals surface area contributed by atoms with E-state index in [1.165, 1.54) is 182 Å². The summed E-state index contributed by atoms with van der Waals surface area (Å²) in [5.41, 5.74) is 46.8. The Labute approximate surface area is 860 Å². The zero-order chi connectivity index (χ0) is 97.2. The monoisotopic (exact) mass is 1870 g/mol. The van der Waals surface area contributed by atoms with E-state index < -0.39 is 10.8 Å². The standard InChI is InChI=1S/C146H92N2/c1-2-34-94(35-3-1)109-45-6-7-46-111(109)97-78-82-106(83-79-97)148(108-85-87-128-126-56-21-27-71-138(126)146(140(128)92-108)135-68-24-18-53-123(135)124-54-19-25-69-136(124)146)144-132-60-15-11-50-120(132)118-48-9-13-58-130(118)142(144)104-43-30-42-103(90-104)114-63-33-64-115-113(62-32-65-116(114)115)102-41-29-40-101(89-102)100-39-28-38-99(88-100)93-76-80-105(81-77-93)147(107-84-86-127-125-55-20-26-70-137(125)145(139(127)91-107)133-66-22-16-51-121(133)122-52-17-23-67-134(122)145)143-131-59-14-10-49-119(131)117-47-8-12-57-129(117)141(143)98-74-72-96(73-75-98)112-61-31-37-95-36-4-5-44-110(95)112/h1-92H. The molecule has 0 amide bonds. The Bertz CT molecular complexity index is 9860. The molecule has 0 fully saturated rings. The van der Waals surface area contributed by atoms with Crippen molar-refractivity contribution in [1.82, 2.24) is 0 Å². The van der Waals surface area contributed by atoms with Crippen LogP contribution in [-0.4, -0.2) is 0 Å². The van der Waals surface area contributed by atoms with Gasteiger partial charge in [0.1, 0.15) is 0 Å². The fraction of sp³-hybridized carbons (Fsp3) is 0.0137. The smallest absolute Gasteiger partial charge is 0.0726 e. The van der Waals surface area contributed by atoms with E-state index in [1.807, 2.05) is 0 Å². The Morgan fingerprint density at radius 3 is 0.797 bits per heavy atom. The lowest BCUT2D eigenvalue weighted by molar-refractivity contribution is 0.793. The summed E-state index contributed by atoms with van der Waals surface area (Å²) in [6.45, 7) is 0. The van der Waals surface area contributed by atoms with E-state index in [0.717, 1.165) is 106 Å². The molecule has 0 unspecified atom stereocenters. The van der Waals surface area contributed by atoms with Gasteiger partial charge in [-0.1, -0.05) is 491 Å². The van der Waals surface area contributed by atoms with Crippen LogP contribution >= 0.6 is 0 Å². The predicted octanol–water partition coefficient (Wildman–Crippen LogP) is 39.2. The minimum atomic E-state index is -0.575. The van der Waals surface area contributed by atoms with Crippen LogP contribution in [0.5, 0.6) is 0 Å². The Hall–Kier alpha value is -19.1. The molecule has 0 aliphatic heterocycles. The summed E-state index contributed by atoms with van der Waals surface area (Å²) in [6.07, 6.45) is 0. The van der Waals surface area contributed by atoms with Crippen LogP contribution in [-0.2, 0) is 10.8 Å². The quantitative estimate of drug-likeness (QED) is 0.0944. The molecule has 686 valence electrons. The maximum Gasteiger partial charge on any atom is 0.0726 e. The molecule has 0 heterocycles. The van der Waals surface area contributed by atoms with Gasteiger partial charge >= 0.3 is 0 Å². The normalized spacial score (nSPS) is 12.8. The van der Waals surface area contributed by atoms with Gasteiger partial charge in [-0.25, -0.2) is 0 Å². The van der Waals surface area contributed by atoms with E-state index in [9.17, 15) is 0 Å². The largest absolute Gasteiger partial charge is 0.309 e. The highest BCUT2D eigenvalue weighted by Gasteiger charge is 2.54. The van der Waals surface area contributed by atoms with Crippen molar-refractivity contribution in [2.45, 2.75) is 10.8 Å². The van der Waals surface area contributed by atoms with Crippen LogP contribution in [0.1, 0.15) is 44.5 Å². The summed E-state index contributed by atoms with van der Waals surface area (Å²) in [6, 6.07) is 211. The summed E-state index contributed by atoms with van der Waals surface area (Å²) >= 11 is 0. The minimum Gasteiger partial charge on any atom is -0.309 e. The molecule has 148 heavy (non-hydrogen) atoms. The van der Waals surface area contributed by atoms with Gasteiger partial charge < -0.3 is 9.80 Å². The molecule has 2 heteroatoms. The average molecular weight is 1870 g/mol. The number of rotatable bonds is 15. The number of benzene rings is 26. The van der Waals surface area contributed by atoms with E-state index in [0.29, 0.717) is 0 Å². The highest BCUT2D eigenvalue weighted by Crippen LogP contribution is 2.67. The number of nitrogens with zero attached hydrogens (tertiary/aromatic N) is 2. The van der Waals surface area contributed by atoms with Crippen LogP contribution in [0, 0.1) is 0 Å². The van der Waals surface area contributed by atoms with Crippen molar-refractivity contribution in [1.29, 1.82) is 0 Å². The lowest BCUT2D eigenvalue weighted by Crippen LogP contribution is -2.26. The first kappa shape index (κ1) is 84.6. The lowest BCUT2D eigenvalue weighted by Gasteiger charge is -2.33. The van der Waals surface area contributed by atoms with Crippen LogP contribution in [0.25, 0.3) is 209 Å². The fourth-order valence-corrected chi connectivity index (χ4v) is 26.4. The molecule has 26 aromatic rings. The molecule has 0 saturated heterocycles. The molecule has 0 saturated carbocycles. The molecule has 0 atom stereocenters. The summed E-state index contributed by atoms with van der Waals surface area (Å²) in [4.78, 5) is 5.19. The van der Waals surface area contributed by atoms with Crippen molar-refractivity contribution in [3.8, 4) is 145 Å². The zero-order valence-corrected chi connectivity index (χ0v) is 81.0. The highest BCUT2D eigenvalue weighted by atomic mass is 15.2. The van der Waals surface area contributed by atoms with Gasteiger partial charge in [0, 0.05) is 44.6 Å². The fourth-order valence-electron chi connectivity index (χ4n) is 26.4. The van der Waals surface area contributed by atoms with Gasteiger partial charge in [-0.2, -0.15) is 0 Å². The van der Waals surface area contributed by atoms with Crippen molar-refractivity contribution in [2.24, 2.45) is 0 Å². The molecule has 0 radical (unpaired) electrons. The molecule has 2 nitrogen and oxygen atoms in total. The van der Waals surface area contributed by atoms with Crippen LogP contribution in [0.3, 0.4) is 0 Å². The van der Waals surface area contributed by atoms with Gasteiger partial charge in [0.25, 0.3) is 0 Å². The third-order valence-electron chi connectivity index (χ3n) is 32.7. The second kappa shape index (κ2) is 33.8. The van der Waals surface area contributed by atoms with Crippen molar-refractivity contribution in [2.75, 3.05) is 9.80 Å². The van der Waals surface area contributed by atoms with Crippen molar-refractivity contribution >= 4 is 98.8 Å². The highest BCUT2D eigenvalue weighted by molar-refractivity contribution is 6.25. The summed E-state index contributed by atoms with van der Waals surface area (Å²) in [5.74, 6) is 0. The molecule has 0 N–H and O–H groups in total. The SMILES string of the molecule is c1ccc(-c2ccccc2-c2ccc(N(c3ccc4c(c3)C3(c5ccccc5-c5ccccc53)c3ccccc3-4)c3c(-c4cccc(-c5cccc6c(-c7cccc(-c8cccc(-c9ccc(N(c%10ccc%11c(c%10)C%10(c%12ccccc%12-c%12ccccc%12%10)c%10ccccc%10-%11)c%10c(-c%11ccc(-c%12cccc%13ccccc%12%13)cc%11)c%11ccccc%11c%11ccccc%10%11)cc9)c8)c7)cccc56)c4)c4ccccc4c4ccccc34)cc2)cc1. The van der Waals surface area contributed by atoms with Gasteiger partial charge in [-0.15, -0.1) is 0 Å². The summed E-state index contributed by atoms with van der Waals surface area (Å²) in [5, 5.41) is 14.3. The molecule has 0 aromatic heterocycles. The molecule has 26 aromatic carbocycles.